The van der Waals surface area contributed by atoms with Crippen molar-refractivity contribution in [3.8, 4) is 0 Å². The predicted octanol–water partition coefficient (Wildman–Crippen LogP) is 3.65. The van der Waals surface area contributed by atoms with Gasteiger partial charge in [-0.3, -0.25) is 9.59 Å². The van der Waals surface area contributed by atoms with Gasteiger partial charge in [0, 0.05) is 9.79 Å². The van der Waals surface area contributed by atoms with Crippen molar-refractivity contribution >= 4 is 23.7 Å². The van der Waals surface area contributed by atoms with Gasteiger partial charge >= 0.3 is 11.9 Å². The van der Waals surface area contributed by atoms with E-state index in [9.17, 15) is 9.59 Å². The second-order valence-corrected chi connectivity index (χ2v) is 6.03. The zero-order valence-corrected chi connectivity index (χ0v) is 12.8. The lowest BCUT2D eigenvalue weighted by molar-refractivity contribution is -0.138. The van der Waals surface area contributed by atoms with E-state index in [0.717, 1.165) is 9.79 Å². The van der Waals surface area contributed by atoms with Gasteiger partial charge in [-0.25, -0.2) is 0 Å². The second-order valence-electron chi connectivity index (χ2n) is 4.91. The van der Waals surface area contributed by atoms with Gasteiger partial charge in [0.25, 0.3) is 0 Å². The summed E-state index contributed by atoms with van der Waals surface area (Å²) in [5, 5.41) is 18.2. The molecule has 0 saturated carbocycles. The van der Waals surface area contributed by atoms with Crippen LogP contribution in [0.15, 0.2) is 58.3 Å². The van der Waals surface area contributed by atoms with E-state index >= 15 is 0 Å². The fraction of sp³-hybridized carbons (Fsp3) is 0.176. The maximum atomic E-state index is 11.1. The normalized spacial score (nSPS) is 11.9. The van der Waals surface area contributed by atoms with E-state index in [1.165, 1.54) is 11.8 Å². The van der Waals surface area contributed by atoms with Crippen LogP contribution in [0.25, 0.3) is 0 Å². The van der Waals surface area contributed by atoms with Gasteiger partial charge in [0.1, 0.15) is 0 Å². The number of hydrogen-bond donors (Lipinski definition) is 2. The van der Waals surface area contributed by atoms with Crippen molar-refractivity contribution in [3.63, 3.8) is 0 Å². The first-order chi connectivity index (χ1) is 10.5. The Morgan fingerprint density at radius 1 is 1.09 bits per heavy atom. The Balaban J connectivity index is 2.36. The largest absolute Gasteiger partial charge is 0.481 e. The zero-order valence-electron chi connectivity index (χ0n) is 12.0. The topological polar surface area (TPSA) is 74.6 Å². The molecule has 0 unspecified atom stereocenters. The average molecular weight is 316 g/mol. The van der Waals surface area contributed by atoms with Gasteiger partial charge < -0.3 is 10.2 Å². The van der Waals surface area contributed by atoms with Crippen molar-refractivity contribution < 1.29 is 19.8 Å². The number of carboxylic acids is 2. The molecule has 2 aromatic carbocycles. The first kappa shape index (κ1) is 16.1. The highest BCUT2D eigenvalue weighted by Gasteiger charge is 2.17. The molecule has 0 amide bonds. The molecule has 0 radical (unpaired) electrons. The number of hydrogen-bond acceptors (Lipinski definition) is 3. The maximum Gasteiger partial charge on any atom is 0.310 e. The second kappa shape index (κ2) is 7.13. The molecule has 22 heavy (non-hydrogen) atoms. The number of rotatable bonds is 6. The molecule has 0 bridgehead atoms. The first-order valence-corrected chi connectivity index (χ1v) is 7.59. The van der Waals surface area contributed by atoms with Gasteiger partial charge in [-0.2, -0.15) is 0 Å². The Morgan fingerprint density at radius 2 is 1.77 bits per heavy atom. The van der Waals surface area contributed by atoms with E-state index in [2.05, 4.69) is 0 Å². The molecular weight excluding hydrogens is 300 g/mol. The molecule has 1 atom stereocenters. The van der Waals surface area contributed by atoms with E-state index in [4.69, 9.17) is 10.2 Å². The number of aliphatic carboxylic acids is 2. The van der Waals surface area contributed by atoms with Crippen molar-refractivity contribution in [2.75, 3.05) is 0 Å². The molecule has 2 rings (SSSR count). The molecule has 0 aliphatic carbocycles. The van der Waals surface area contributed by atoms with Crippen LogP contribution in [0.1, 0.15) is 24.0 Å². The standard InChI is InChI=1S/C17H16O4S/c1-11(17(20)21)12-7-8-15(13(9-12)10-16(18)19)22-14-5-3-2-4-6-14/h2-9,11H,10H2,1H3,(H,18,19)(H,20,21)/t11-/m1/s1. The minimum Gasteiger partial charge on any atom is -0.481 e. The van der Waals surface area contributed by atoms with Gasteiger partial charge in [0.15, 0.2) is 0 Å². The van der Waals surface area contributed by atoms with Crippen LogP contribution < -0.4 is 0 Å². The maximum absolute atomic E-state index is 11.1. The van der Waals surface area contributed by atoms with Crippen LogP contribution in [0.2, 0.25) is 0 Å². The number of carbonyl (C=O) groups is 2. The van der Waals surface area contributed by atoms with Gasteiger partial charge in [-0.05, 0) is 36.2 Å². The Hall–Kier alpha value is -2.27. The van der Waals surface area contributed by atoms with Crippen molar-refractivity contribution in [2.45, 2.75) is 29.1 Å². The van der Waals surface area contributed by atoms with Gasteiger partial charge in [-0.1, -0.05) is 42.1 Å². The number of benzene rings is 2. The smallest absolute Gasteiger partial charge is 0.310 e. The first-order valence-electron chi connectivity index (χ1n) is 6.77. The van der Waals surface area contributed by atoms with E-state index in [-0.39, 0.29) is 6.42 Å². The molecule has 0 spiro atoms. The average Bonchev–Trinajstić information content (AvgIpc) is 2.48. The third kappa shape index (κ3) is 4.11. The Labute approximate surface area is 132 Å². The van der Waals surface area contributed by atoms with E-state index in [0.29, 0.717) is 11.1 Å². The zero-order chi connectivity index (χ0) is 16.1. The summed E-state index contributed by atoms with van der Waals surface area (Å²) in [6.07, 6.45) is -0.130. The molecule has 114 valence electrons. The van der Waals surface area contributed by atoms with Crippen molar-refractivity contribution in [2.24, 2.45) is 0 Å². The molecule has 0 heterocycles. The van der Waals surface area contributed by atoms with Crippen molar-refractivity contribution in [1.29, 1.82) is 0 Å². The SMILES string of the molecule is C[C@@H](C(=O)O)c1ccc(Sc2ccccc2)c(CC(=O)O)c1. The van der Waals surface area contributed by atoms with Crippen LogP contribution in [-0.4, -0.2) is 22.2 Å². The summed E-state index contributed by atoms with van der Waals surface area (Å²) < 4.78 is 0. The quantitative estimate of drug-likeness (QED) is 0.851. The highest BCUT2D eigenvalue weighted by atomic mass is 32.2. The summed E-state index contributed by atoms with van der Waals surface area (Å²) in [5.74, 6) is -2.52. The minimum absolute atomic E-state index is 0.130. The van der Waals surface area contributed by atoms with E-state index in [1.807, 2.05) is 30.3 Å². The lowest BCUT2D eigenvalue weighted by atomic mass is 9.98. The fourth-order valence-electron chi connectivity index (χ4n) is 2.03. The van der Waals surface area contributed by atoms with Crippen LogP contribution in [0, 0.1) is 0 Å². The number of carboxylic acid groups (broad SMARTS) is 2. The third-order valence-corrected chi connectivity index (χ3v) is 4.39. The summed E-state index contributed by atoms with van der Waals surface area (Å²) in [4.78, 5) is 24.0. The van der Waals surface area contributed by atoms with Crippen molar-refractivity contribution in [1.82, 2.24) is 0 Å². The monoisotopic (exact) mass is 316 g/mol. The summed E-state index contributed by atoms with van der Waals surface area (Å²) >= 11 is 1.47. The van der Waals surface area contributed by atoms with Gasteiger partial charge in [-0.15, -0.1) is 0 Å². The van der Waals surface area contributed by atoms with Crippen LogP contribution in [0.4, 0.5) is 0 Å². The van der Waals surface area contributed by atoms with Crippen LogP contribution in [0.5, 0.6) is 0 Å². The minimum atomic E-state index is -0.935. The van der Waals surface area contributed by atoms with Gasteiger partial charge in [0.2, 0.25) is 0 Å². The Morgan fingerprint density at radius 3 is 2.36 bits per heavy atom. The molecule has 0 aliphatic heterocycles. The molecule has 0 aliphatic rings. The third-order valence-electron chi connectivity index (χ3n) is 3.27. The summed E-state index contributed by atoms with van der Waals surface area (Å²) in [6.45, 7) is 1.59. The summed E-state index contributed by atoms with van der Waals surface area (Å²) in [5.41, 5.74) is 1.24. The Kier molecular flexibility index (Phi) is 5.22. The molecule has 2 N–H and O–H groups in total. The predicted molar refractivity (Wildman–Crippen MR) is 84.4 cm³/mol. The van der Waals surface area contributed by atoms with Gasteiger partial charge in [0.05, 0.1) is 12.3 Å². The van der Waals surface area contributed by atoms with Crippen LogP contribution >= 0.6 is 11.8 Å². The molecule has 0 fully saturated rings. The fourth-order valence-corrected chi connectivity index (χ4v) is 2.97. The summed E-state index contributed by atoms with van der Waals surface area (Å²) in [6, 6.07) is 14.9. The molecule has 0 saturated heterocycles. The van der Waals surface area contributed by atoms with E-state index < -0.39 is 17.9 Å². The van der Waals surface area contributed by atoms with E-state index in [1.54, 1.807) is 25.1 Å². The molecule has 4 nitrogen and oxygen atoms in total. The molecule has 2 aromatic rings. The van der Waals surface area contributed by atoms with Crippen molar-refractivity contribution in [3.05, 3.63) is 59.7 Å². The molecule has 5 heteroatoms. The highest BCUT2D eigenvalue weighted by molar-refractivity contribution is 7.99. The lowest BCUT2D eigenvalue weighted by Gasteiger charge is -2.12. The van der Waals surface area contributed by atoms with Crippen LogP contribution in [-0.2, 0) is 16.0 Å². The summed E-state index contributed by atoms with van der Waals surface area (Å²) in [7, 11) is 0. The lowest BCUT2D eigenvalue weighted by Crippen LogP contribution is -2.09. The molecular formula is C17H16O4S. The highest BCUT2D eigenvalue weighted by Crippen LogP contribution is 2.32. The van der Waals surface area contributed by atoms with Crippen LogP contribution in [0.3, 0.4) is 0 Å². The Bertz CT molecular complexity index is 682. The molecule has 0 aromatic heterocycles.